The Morgan fingerprint density at radius 2 is 1.59 bits per heavy atom. The van der Waals surface area contributed by atoms with Crippen LogP contribution in [0.3, 0.4) is 0 Å². The van der Waals surface area contributed by atoms with Crippen LogP contribution < -0.4 is 0 Å². The number of amides is 2. The van der Waals surface area contributed by atoms with Gasteiger partial charge >= 0.3 is 5.97 Å². The van der Waals surface area contributed by atoms with Crippen molar-refractivity contribution in [2.75, 3.05) is 26.2 Å². The molecule has 1 atom stereocenters. The second-order valence-corrected chi connectivity index (χ2v) is 4.33. The van der Waals surface area contributed by atoms with E-state index in [0.29, 0.717) is 26.2 Å². The molecule has 0 bridgehead atoms. The van der Waals surface area contributed by atoms with Crippen LogP contribution in [0.25, 0.3) is 0 Å². The zero-order valence-corrected chi connectivity index (χ0v) is 10.2. The highest BCUT2D eigenvalue weighted by molar-refractivity contribution is 5.83. The van der Waals surface area contributed by atoms with E-state index in [0.717, 1.165) is 0 Å². The van der Waals surface area contributed by atoms with Gasteiger partial charge in [-0.15, -0.1) is 0 Å². The van der Waals surface area contributed by atoms with Crippen LogP contribution in [0.4, 0.5) is 0 Å². The van der Waals surface area contributed by atoms with Crippen LogP contribution in [0.1, 0.15) is 20.3 Å². The number of carbonyl (C=O) groups is 3. The average Bonchev–Trinajstić information content (AvgIpc) is 2.27. The number of hydrogen-bond donors (Lipinski definition) is 1. The fraction of sp³-hybridized carbons (Fsp3) is 0.727. The van der Waals surface area contributed by atoms with Gasteiger partial charge in [-0.05, 0) is 0 Å². The third-order valence-electron chi connectivity index (χ3n) is 2.94. The molecule has 96 valence electrons. The normalized spacial score (nSPS) is 17.8. The summed E-state index contributed by atoms with van der Waals surface area (Å²) in [5.74, 6) is -1.60. The summed E-state index contributed by atoms with van der Waals surface area (Å²) in [5, 5.41) is 8.62. The molecule has 17 heavy (non-hydrogen) atoms. The molecule has 1 aliphatic rings. The summed E-state index contributed by atoms with van der Waals surface area (Å²) in [5.41, 5.74) is 0. The Kier molecular flexibility index (Phi) is 4.48. The number of aliphatic carboxylic acids is 1. The maximum absolute atomic E-state index is 11.9. The standard InChI is InChI=1S/C11H18N2O4/c1-8(7-10(15)16)11(17)13-5-3-12(4-6-13)9(2)14/h8H,3-7H2,1-2H3,(H,15,16). The van der Waals surface area contributed by atoms with Crippen LogP contribution >= 0.6 is 0 Å². The number of carboxylic acid groups (broad SMARTS) is 1. The van der Waals surface area contributed by atoms with E-state index in [9.17, 15) is 14.4 Å². The van der Waals surface area contributed by atoms with Gasteiger partial charge in [-0.1, -0.05) is 6.92 Å². The van der Waals surface area contributed by atoms with Crippen molar-refractivity contribution in [2.45, 2.75) is 20.3 Å². The van der Waals surface area contributed by atoms with Gasteiger partial charge in [0.05, 0.1) is 6.42 Å². The monoisotopic (exact) mass is 242 g/mol. The molecule has 0 spiro atoms. The molecule has 1 saturated heterocycles. The van der Waals surface area contributed by atoms with E-state index in [1.807, 2.05) is 0 Å². The second-order valence-electron chi connectivity index (χ2n) is 4.33. The summed E-state index contributed by atoms with van der Waals surface area (Å²) in [6.07, 6.45) is -0.147. The van der Waals surface area contributed by atoms with Crippen LogP contribution in [0.5, 0.6) is 0 Å². The van der Waals surface area contributed by atoms with Gasteiger partial charge in [0.15, 0.2) is 0 Å². The predicted octanol–water partition coefficient (Wildman–Crippen LogP) is -0.212. The average molecular weight is 242 g/mol. The van der Waals surface area contributed by atoms with Crippen LogP contribution in [-0.2, 0) is 14.4 Å². The largest absolute Gasteiger partial charge is 0.481 e. The molecule has 6 nitrogen and oxygen atoms in total. The van der Waals surface area contributed by atoms with E-state index in [1.165, 1.54) is 6.92 Å². The van der Waals surface area contributed by atoms with Crippen molar-refractivity contribution in [3.63, 3.8) is 0 Å². The van der Waals surface area contributed by atoms with E-state index in [2.05, 4.69) is 0 Å². The zero-order chi connectivity index (χ0) is 13.0. The van der Waals surface area contributed by atoms with Crippen molar-refractivity contribution >= 4 is 17.8 Å². The van der Waals surface area contributed by atoms with E-state index >= 15 is 0 Å². The highest BCUT2D eigenvalue weighted by atomic mass is 16.4. The van der Waals surface area contributed by atoms with E-state index in [-0.39, 0.29) is 18.2 Å². The molecule has 0 saturated carbocycles. The number of hydrogen-bond acceptors (Lipinski definition) is 3. The second kappa shape index (κ2) is 5.65. The summed E-state index contributed by atoms with van der Waals surface area (Å²) < 4.78 is 0. The molecular weight excluding hydrogens is 224 g/mol. The Morgan fingerprint density at radius 3 is 2.00 bits per heavy atom. The SMILES string of the molecule is CC(=O)N1CCN(C(=O)C(C)CC(=O)O)CC1. The first-order valence-electron chi connectivity index (χ1n) is 5.68. The maximum atomic E-state index is 11.9. The van der Waals surface area contributed by atoms with Gasteiger partial charge in [-0.25, -0.2) is 0 Å². The smallest absolute Gasteiger partial charge is 0.304 e. The molecule has 1 N–H and O–H groups in total. The predicted molar refractivity (Wildman–Crippen MR) is 60.3 cm³/mol. The quantitative estimate of drug-likeness (QED) is 0.742. The Bertz CT molecular complexity index is 321. The molecule has 1 heterocycles. The maximum Gasteiger partial charge on any atom is 0.304 e. The van der Waals surface area contributed by atoms with Crippen molar-refractivity contribution < 1.29 is 19.5 Å². The van der Waals surface area contributed by atoms with Crippen molar-refractivity contribution in [3.8, 4) is 0 Å². The first kappa shape index (κ1) is 13.5. The lowest BCUT2D eigenvalue weighted by Crippen LogP contribution is -2.51. The van der Waals surface area contributed by atoms with E-state index in [4.69, 9.17) is 5.11 Å². The molecule has 1 unspecified atom stereocenters. The topological polar surface area (TPSA) is 77.9 Å². The van der Waals surface area contributed by atoms with Crippen molar-refractivity contribution in [1.29, 1.82) is 0 Å². The third-order valence-corrected chi connectivity index (χ3v) is 2.94. The van der Waals surface area contributed by atoms with Gasteiger partial charge in [0.1, 0.15) is 0 Å². The van der Waals surface area contributed by atoms with Gasteiger partial charge in [-0.2, -0.15) is 0 Å². The van der Waals surface area contributed by atoms with Crippen molar-refractivity contribution in [2.24, 2.45) is 5.92 Å². The van der Waals surface area contributed by atoms with Crippen LogP contribution in [0, 0.1) is 5.92 Å². The van der Waals surface area contributed by atoms with Crippen LogP contribution in [0.15, 0.2) is 0 Å². The molecule has 1 aliphatic heterocycles. The molecule has 0 aromatic heterocycles. The fourth-order valence-electron chi connectivity index (χ4n) is 1.90. The molecule has 2 amide bonds. The fourth-order valence-corrected chi connectivity index (χ4v) is 1.90. The minimum atomic E-state index is -0.965. The molecule has 0 aliphatic carbocycles. The summed E-state index contributed by atoms with van der Waals surface area (Å²) in [7, 11) is 0. The van der Waals surface area contributed by atoms with Gasteiger partial charge in [0.2, 0.25) is 11.8 Å². The molecule has 1 rings (SSSR count). The van der Waals surface area contributed by atoms with Gasteiger partial charge in [-0.3, -0.25) is 14.4 Å². The van der Waals surface area contributed by atoms with Gasteiger partial charge in [0, 0.05) is 39.0 Å². The summed E-state index contributed by atoms with van der Waals surface area (Å²) in [6, 6.07) is 0. The molecule has 6 heteroatoms. The van der Waals surface area contributed by atoms with Gasteiger partial charge < -0.3 is 14.9 Å². The lowest BCUT2D eigenvalue weighted by atomic mass is 10.1. The molecular formula is C11H18N2O4. The first-order chi connectivity index (χ1) is 7.91. The number of carbonyl (C=O) groups excluding carboxylic acids is 2. The van der Waals surface area contributed by atoms with Crippen molar-refractivity contribution in [3.05, 3.63) is 0 Å². The summed E-state index contributed by atoms with van der Waals surface area (Å²) in [6.45, 7) is 5.16. The Morgan fingerprint density at radius 1 is 1.12 bits per heavy atom. The third kappa shape index (κ3) is 3.72. The number of piperazine rings is 1. The lowest BCUT2D eigenvalue weighted by molar-refractivity contribution is -0.145. The molecule has 1 fully saturated rings. The Labute approximate surface area is 100 Å². The Balaban J connectivity index is 2.45. The Hall–Kier alpha value is -1.59. The number of carboxylic acids is 1. The van der Waals surface area contributed by atoms with E-state index in [1.54, 1.807) is 16.7 Å². The zero-order valence-electron chi connectivity index (χ0n) is 10.2. The first-order valence-corrected chi connectivity index (χ1v) is 5.68. The minimum Gasteiger partial charge on any atom is -0.481 e. The molecule has 0 aromatic carbocycles. The van der Waals surface area contributed by atoms with Crippen molar-refractivity contribution in [1.82, 2.24) is 9.80 Å². The summed E-state index contributed by atoms with van der Waals surface area (Å²) >= 11 is 0. The number of rotatable bonds is 3. The van der Waals surface area contributed by atoms with Crippen LogP contribution in [-0.4, -0.2) is 58.9 Å². The minimum absolute atomic E-state index is 0.00989. The van der Waals surface area contributed by atoms with Crippen LogP contribution in [0.2, 0.25) is 0 Å². The lowest BCUT2D eigenvalue weighted by Gasteiger charge is -2.35. The summed E-state index contributed by atoms with van der Waals surface area (Å²) in [4.78, 5) is 36.8. The highest BCUT2D eigenvalue weighted by Crippen LogP contribution is 2.10. The number of nitrogens with zero attached hydrogens (tertiary/aromatic N) is 2. The molecule has 0 aromatic rings. The van der Waals surface area contributed by atoms with Gasteiger partial charge in [0.25, 0.3) is 0 Å². The highest BCUT2D eigenvalue weighted by Gasteiger charge is 2.26. The molecule has 0 radical (unpaired) electrons. The van der Waals surface area contributed by atoms with E-state index < -0.39 is 11.9 Å².